The first-order chi connectivity index (χ1) is 11.2. The molecule has 1 N–H and O–H groups in total. The topological polar surface area (TPSA) is 59.8 Å². The van der Waals surface area contributed by atoms with Crippen molar-refractivity contribution in [3.05, 3.63) is 78.1 Å². The molecule has 0 fully saturated rings. The summed E-state index contributed by atoms with van der Waals surface area (Å²) in [7, 11) is 0. The highest BCUT2D eigenvalue weighted by Gasteiger charge is 2.05. The Morgan fingerprint density at radius 2 is 1.96 bits per heavy atom. The van der Waals surface area contributed by atoms with Crippen LogP contribution in [0.1, 0.15) is 11.1 Å². The lowest BCUT2D eigenvalue weighted by atomic mass is 10.1. The smallest absolute Gasteiger partial charge is 0.228 e. The third kappa shape index (κ3) is 4.23. The molecule has 0 aliphatic rings. The van der Waals surface area contributed by atoms with E-state index in [4.69, 9.17) is 0 Å². The standard InChI is InChI=1S/C17H15FN4O/c18-15-3-1-2-14(8-15)9-17(23)21-16-6-4-13(5-7-16)10-22-12-19-11-20-22/h1-8,11-12H,9-10H2,(H,21,23). The molecular formula is C17H15FN4O. The molecule has 1 amide bonds. The third-order valence-electron chi connectivity index (χ3n) is 3.30. The van der Waals surface area contributed by atoms with Gasteiger partial charge in [0, 0.05) is 5.69 Å². The van der Waals surface area contributed by atoms with Gasteiger partial charge in [-0.2, -0.15) is 5.10 Å². The van der Waals surface area contributed by atoms with E-state index >= 15 is 0 Å². The molecule has 0 saturated carbocycles. The first-order valence-corrected chi connectivity index (χ1v) is 7.15. The zero-order valence-electron chi connectivity index (χ0n) is 12.3. The van der Waals surface area contributed by atoms with Crippen LogP contribution in [-0.2, 0) is 17.8 Å². The highest BCUT2D eigenvalue weighted by atomic mass is 19.1. The number of carbonyl (C=O) groups excluding carboxylic acids is 1. The van der Waals surface area contributed by atoms with Crippen molar-refractivity contribution in [2.75, 3.05) is 5.32 Å². The predicted molar refractivity (Wildman–Crippen MR) is 84.3 cm³/mol. The summed E-state index contributed by atoms with van der Waals surface area (Å²) in [5.41, 5.74) is 2.40. The molecule has 0 radical (unpaired) electrons. The Morgan fingerprint density at radius 1 is 1.13 bits per heavy atom. The van der Waals surface area contributed by atoms with Crippen LogP contribution in [0.5, 0.6) is 0 Å². The quantitative estimate of drug-likeness (QED) is 0.788. The van der Waals surface area contributed by atoms with Crippen LogP contribution >= 0.6 is 0 Å². The molecule has 0 bridgehead atoms. The number of rotatable bonds is 5. The Labute approximate surface area is 132 Å². The summed E-state index contributed by atoms with van der Waals surface area (Å²) >= 11 is 0. The predicted octanol–water partition coefficient (Wildman–Crippen LogP) is 2.65. The van der Waals surface area contributed by atoms with Gasteiger partial charge in [-0.1, -0.05) is 24.3 Å². The lowest BCUT2D eigenvalue weighted by molar-refractivity contribution is -0.115. The van der Waals surface area contributed by atoms with E-state index in [1.807, 2.05) is 24.3 Å². The second kappa shape index (κ2) is 6.83. The maximum Gasteiger partial charge on any atom is 0.228 e. The van der Waals surface area contributed by atoms with Gasteiger partial charge in [-0.25, -0.2) is 14.1 Å². The van der Waals surface area contributed by atoms with Crippen LogP contribution in [0.25, 0.3) is 0 Å². The molecule has 0 aliphatic carbocycles. The number of hydrogen-bond acceptors (Lipinski definition) is 3. The molecule has 0 unspecified atom stereocenters. The molecule has 0 aliphatic heterocycles. The molecular weight excluding hydrogens is 295 g/mol. The van der Waals surface area contributed by atoms with E-state index in [0.29, 0.717) is 17.8 Å². The molecule has 3 rings (SSSR count). The van der Waals surface area contributed by atoms with Crippen molar-refractivity contribution in [1.82, 2.24) is 14.8 Å². The van der Waals surface area contributed by atoms with Crippen molar-refractivity contribution < 1.29 is 9.18 Å². The van der Waals surface area contributed by atoms with Gasteiger partial charge in [-0.15, -0.1) is 0 Å². The van der Waals surface area contributed by atoms with E-state index in [0.717, 1.165) is 5.56 Å². The first kappa shape index (κ1) is 14.9. The largest absolute Gasteiger partial charge is 0.326 e. The van der Waals surface area contributed by atoms with Gasteiger partial charge in [0.15, 0.2) is 0 Å². The summed E-state index contributed by atoms with van der Waals surface area (Å²) < 4.78 is 14.8. The van der Waals surface area contributed by atoms with Gasteiger partial charge in [0.25, 0.3) is 0 Å². The summed E-state index contributed by atoms with van der Waals surface area (Å²) in [6.45, 7) is 0.623. The maximum absolute atomic E-state index is 13.1. The molecule has 1 heterocycles. The van der Waals surface area contributed by atoms with Crippen molar-refractivity contribution in [2.45, 2.75) is 13.0 Å². The first-order valence-electron chi connectivity index (χ1n) is 7.15. The monoisotopic (exact) mass is 310 g/mol. The molecule has 23 heavy (non-hydrogen) atoms. The highest BCUT2D eigenvalue weighted by Crippen LogP contribution is 2.12. The van der Waals surface area contributed by atoms with E-state index in [-0.39, 0.29) is 18.1 Å². The third-order valence-corrected chi connectivity index (χ3v) is 3.30. The normalized spacial score (nSPS) is 10.5. The minimum Gasteiger partial charge on any atom is -0.326 e. The van der Waals surface area contributed by atoms with Crippen LogP contribution in [0.3, 0.4) is 0 Å². The average molecular weight is 310 g/mol. The van der Waals surface area contributed by atoms with Crippen LogP contribution < -0.4 is 5.32 Å². The molecule has 116 valence electrons. The Kier molecular flexibility index (Phi) is 4.42. The van der Waals surface area contributed by atoms with Crippen molar-refractivity contribution in [1.29, 1.82) is 0 Å². The number of nitrogens with one attached hydrogen (secondary N) is 1. The lowest BCUT2D eigenvalue weighted by Gasteiger charge is -2.07. The number of amides is 1. The number of anilines is 1. The lowest BCUT2D eigenvalue weighted by Crippen LogP contribution is -2.14. The summed E-state index contributed by atoms with van der Waals surface area (Å²) in [6.07, 6.45) is 3.27. The minimum absolute atomic E-state index is 0.137. The number of halogens is 1. The van der Waals surface area contributed by atoms with Gasteiger partial charge in [0.2, 0.25) is 5.91 Å². The molecule has 3 aromatic rings. The maximum atomic E-state index is 13.1. The van der Waals surface area contributed by atoms with Gasteiger partial charge in [0.05, 0.1) is 13.0 Å². The van der Waals surface area contributed by atoms with Gasteiger partial charge < -0.3 is 5.32 Å². The van der Waals surface area contributed by atoms with Gasteiger partial charge in [-0.3, -0.25) is 4.79 Å². The van der Waals surface area contributed by atoms with E-state index in [2.05, 4.69) is 15.4 Å². The summed E-state index contributed by atoms with van der Waals surface area (Å²) in [5.74, 6) is -0.521. The molecule has 2 aromatic carbocycles. The van der Waals surface area contributed by atoms with Crippen LogP contribution in [0.15, 0.2) is 61.2 Å². The number of nitrogens with zero attached hydrogens (tertiary/aromatic N) is 3. The van der Waals surface area contributed by atoms with Crippen molar-refractivity contribution in [3.63, 3.8) is 0 Å². The molecule has 6 heteroatoms. The van der Waals surface area contributed by atoms with Gasteiger partial charge >= 0.3 is 0 Å². The minimum atomic E-state index is -0.340. The van der Waals surface area contributed by atoms with Gasteiger partial charge in [-0.05, 0) is 35.4 Å². The Morgan fingerprint density at radius 3 is 2.65 bits per heavy atom. The van der Waals surface area contributed by atoms with Crippen LogP contribution in [0, 0.1) is 5.82 Å². The second-order valence-electron chi connectivity index (χ2n) is 5.14. The summed E-state index contributed by atoms with van der Waals surface area (Å²) in [4.78, 5) is 15.9. The van der Waals surface area contributed by atoms with E-state index in [1.165, 1.54) is 18.5 Å². The molecule has 0 spiro atoms. The average Bonchev–Trinajstić information content (AvgIpc) is 3.02. The molecule has 5 nitrogen and oxygen atoms in total. The number of hydrogen-bond donors (Lipinski definition) is 1. The SMILES string of the molecule is O=C(Cc1cccc(F)c1)Nc1ccc(Cn2cncn2)cc1. The Balaban J connectivity index is 1.58. The Hall–Kier alpha value is -3.02. The highest BCUT2D eigenvalue weighted by molar-refractivity contribution is 5.92. The zero-order valence-corrected chi connectivity index (χ0v) is 12.3. The van der Waals surface area contributed by atoms with Crippen molar-refractivity contribution in [3.8, 4) is 0 Å². The molecule has 1 aromatic heterocycles. The van der Waals surface area contributed by atoms with Crippen LogP contribution in [0.4, 0.5) is 10.1 Å². The van der Waals surface area contributed by atoms with Gasteiger partial charge in [0.1, 0.15) is 18.5 Å². The van der Waals surface area contributed by atoms with Crippen LogP contribution in [0.2, 0.25) is 0 Å². The fraction of sp³-hybridized carbons (Fsp3) is 0.118. The zero-order chi connectivity index (χ0) is 16.1. The summed E-state index contributed by atoms with van der Waals surface area (Å²) in [6, 6.07) is 13.5. The fourth-order valence-corrected chi connectivity index (χ4v) is 2.23. The molecule has 0 saturated heterocycles. The van der Waals surface area contributed by atoms with E-state index < -0.39 is 0 Å². The number of carbonyl (C=O) groups is 1. The van der Waals surface area contributed by atoms with Crippen molar-refractivity contribution >= 4 is 11.6 Å². The number of aromatic nitrogens is 3. The Bertz CT molecular complexity index is 785. The van der Waals surface area contributed by atoms with E-state index in [1.54, 1.807) is 23.1 Å². The second-order valence-corrected chi connectivity index (χ2v) is 5.14. The van der Waals surface area contributed by atoms with Crippen LogP contribution in [-0.4, -0.2) is 20.7 Å². The van der Waals surface area contributed by atoms with E-state index in [9.17, 15) is 9.18 Å². The fourth-order valence-electron chi connectivity index (χ4n) is 2.23. The number of benzene rings is 2. The summed E-state index contributed by atoms with van der Waals surface area (Å²) in [5, 5.41) is 6.84. The molecule has 0 atom stereocenters. The van der Waals surface area contributed by atoms with Crippen molar-refractivity contribution in [2.24, 2.45) is 0 Å².